The average Bonchev–Trinajstić information content (AvgIpc) is 2.52. The van der Waals surface area contributed by atoms with Crippen molar-refractivity contribution in [3.63, 3.8) is 0 Å². The molecule has 24 heavy (non-hydrogen) atoms. The number of nitrogens with one attached hydrogen (secondary N) is 1. The van der Waals surface area contributed by atoms with E-state index in [1.165, 1.54) is 0 Å². The molecule has 0 aromatic carbocycles. The van der Waals surface area contributed by atoms with Gasteiger partial charge in [-0.25, -0.2) is 9.97 Å². The number of hydrogen-bond donors (Lipinski definition) is 1. The summed E-state index contributed by atoms with van der Waals surface area (Å²) in [6.45, 7) is 18.7. The van der Waals surface area contributed by atoms with Gasteiger partial charge in [-0.2, -0.15) is 0 Å². The summed E-state index contributed by atoms with van der Waals surface area (Å²) < 4.78 is 0. The van der Waals surface area contributed by atoms with E-state index in [0.29, 0.717) is 12.0 Å². The second kappa shape index (κ2) is 7.79. The first-order chi connectivity index (χ1) is 11.2. The molecule has 5 heteroatoms. The van der Waals surface area contributed by atoms with Gasteiger partial charge in [-0.1, -0.05) is 34.6 Å². The van der Waals surface area contributed by atoms with Gasteiger partial charge in [-0.3, -0.25) is 4.90 Å². The van der Waals surface area contributed by atoms with Crippen LogP contribution in [0.2, 0.25) is 0 Å². The lowest BCUT2D eigenvalue weighted by molar-refractivity contribution is 0.123. The molecule has 1 N–H and O–H groups in total. The molecule has 2 heterocycles. The fourth-order valence-corrected chi connectivity index (χ4v) is 2.84. The molecule has 136 valence electrons. The fraction of sp³-hybridized carbons (Fsp3) is 0.789. The topological polar surface area (TPSA) is 44.3 Å². The van der Waals surface area contributed by atoms with Crippen LogP contribution in [0.25, 0.3) is 0 Å². The van der Waals surface area contributed by atoms with Gasteiger partial charge in [0.25, 0.3) is 0 Å². The van der Waals surface area contributed by atoms with Crippen molar-refractivity contribution < 1.29 is 0 Å². The Balaban J connectivity index is 2.04. The fourth-order valence-electron chi connectivity index (χ4n) is 2.84. The summed E-state index contributed by atoms with van der Waals surface area (Å²) in [5, 5.41) is 3.55. The van der Waals surface area contributed by atoms with Crippen LogP contribution in [-0.4, -0.2) is 65.6 Å². The summed E-state index contributed by atoms with van der Waals surface area (Å²) in [6.07, 6.45) is 0. The SMILES string of the molecule is CC(C)c1nc(NCC(C)N2CCN(C)CC2)cc(C(C)(C)C)n1. The molecule has 1 fully saturated rings. The van der Waals surface area contributed by atoms with Crippen LogP contribution in [0.15, 0.2) is 6.07 Å². The van der Waals surface area contributed by atoms with Crippen molar-refractivity contribution >= 4 is 5.82 Å². The molecule has 1 aliphatic heterocycles. The molecule has 2 rings (SSSR count). The Labute approximate surface area is 147 Å². The lowest BCUT2D eigenvalue weighted by Crippen LogP contribution is -2.49. The van der Waals surface area contributed by atoms with Crippen LogP contribution in [0.5, 0.6) is 0 Å². The highest BCUT2D eigenvalue weighted by Crippen LogP contribution is 2.24. The Kier molecular flexibility index (Phi) is 6.21. The van der Waals surface area contributed by atoms with E-state index >= 15 is 0 Å². The Bertz CT molecular complexity index is 527. The second-order valence-electron chi connectivity index (χ2n) is 8.47. The highest BCUT2D eigenvalue weighted by molar-refractivity contribution is 5.38. The predicted molar refractivity (Wildman–Crippen MR) is 102 cm³/mol. The first-order valence-corrected chi connectivity index (χ1v) is 9.22. The average molecular weight is 334 g/mol. The summed E-state index contributed by atoms with van der Waals surface area (Å²) in [6, 6.07) is 2.62. The minimum absolute atomic E-state index is 0.0338. The second-order valence-corrected chi connectivity index (χ2v) is 8.47. The first kappa shape index (κ1) is 19.1. The van der Waals surface area contributed by atoms with Gasteiger partial charge in [0.05, 0.1) is 5.69 Å². The lowest BCUT2D eigenvalue weighted by atomic mass is 9.91. The molecule has 5 nitrogen and oxygen atoms in total. The van der Waals surface area contributed by atoms with Crippen LogP contribution in [0.3, 0.4) is 0 Å². The molecular weight excluding hydrogens is 298 g/mol. The van der Waals surface area contributed by atoms with Crippen molar-refractivity contribution in [1.29, 1.82) is 0 Å². The Morgan fingerprint density at radius 3 is 2.25 bits per heavy atom. The van der Waals surface area contributed by atoms with E-state index in [-0.39, 0.29) is 5.41 Å². The molecule has 1 atom stereocenters. The lowest BCUT2D eigenvalue weighted by Gasteiger charge is -2.36. The zero-order valence-corrected chi connectivity index (χ0v) is 16.6. The van der Waals surface area contributed by atoms with Crippen LogP contribution >= 0.6 is 0 Å². The van der Waals surface area contributed by atoms with E-state index in [4.69, 9.17) is 9.97 Å². The number of hydrogen-bond acceptors (Lipinski definition) is 5. The number of nitrogens with zero attached hydrogens (tertiary/aromatic N) is 4. The zero-order valence-electron chi connectivity index (χ0n) is 16.6. The van der Waals surface area contributed by atoms with Crippen LogP contribution in [0.4, 0.5) is 5.82 Å². The van der Waals surface area contributed by atoms with Gasteiger partial charge in [0.15, 0.2) is 0 Å². The number of rotatable bonds is 5. The monoisotopic (exact) mass is 333 g/mol. The van der Waals surface area contributed by atoms with Crippen LogP contribution in [-0.2, 0) is 5.41 Å². The van der Waals surface area contributed by atoms with Gasteiger partial charge in [-0.15, -0.1) is 0 Å². The molecule has 0 radical (unpaired) electrons. The third kappa shape index (κ3) is 5.15. The molecule has 0 spiro atoms. The number of piperazine rings is 1. The number of likely N-dealkylation sites (N-methyl/N-ethyl adjacent to an activating group) is 1. The molecule has 1 aliphatic rings. The normalized spacial score (nSPS) is 18.8. The van der Waals surface area contributed by atoms with Gasteiger partial charge in [0, 0.05) is 56.2 Å². The van der Waals surface area contributed by atoms with Crippen LogP contribution < -0.4 is 5.32 Å². The maximum absolute atomic E-state index is 4.76. The van der Waals surface area contributed by atoms with E-state index in [9.17, 15) is 0 Å². The standard InChI is InChI=1S/C19H35N5/c1-14(2)18-21-16(19(4,5)6)12-17(22-18)20-13-15(3)24-10-8-23(7)9-11-24/h12,14-15H,8-11,13H2,1-7H3,(H,20,21,22). The summed E-state index contributed by atoms with van der Waals surface area (Å²) in [7, 11) is 2.20. The predicted octanol–water partition coefficient (Wildman–Crippen LogP) is 2.95. The molecule has 1 saturated heterocycles. The van der Waals surface area contributed by atoms with E-state index in [1.54, 1.807) is 0 Å². The Hall–Kier alpha value is -1.20. The highest BCUT2D eigenvalue weighted by atomic mass is 15.3. The van der Waals surface area contributed by atoms with Gasteiger partial charge in [0.2, 0.25) is 0 Å². The summed E-state index contributed by atoms with van der Waals surface area (Å²) in [5.41, 5.74) is 1.14. The zero-order chi connectivity index (χ0) is 17.9. The largest absolute Gasteiger partial charge is 0.368 e. The van der Waals surface area contributed by atoms with Crippen LogP contribution in [0, 0.1) is 0 Å². The van der Waals surface area contributed by atoms with Crippen molar-refractivity contribution in [2.45, 2.75) is 58.9 Å². The highest BCUT2D eigenvalue weighted by Gasteiger charge is 2.21. The Morgan fingerprint density at radius 2 is 1.71 bits per heavy atom. The maximum atomic E-state index is 4.76. The van der Waals surface area contributed by atoms with E-state index < -0.39 is 0 Å². The van der Waals surface area contributed by atoms with Gasteiger partial charge < -0.3 is 10.2 Å². The molecule has 1 aromatic rings. The first-order valence-electron chi connectivity index (χ1n) is 9.22. The van der Waals surface area contributed by atoms with E-state index in [1.807, 2.05) is 0 Å². The van der Waals surface area contributed by atoms with Gasteiger partial charge in [-0.05, 0) is 14.0 Å². The quantitative estimate of drug-likeness (QED) is 0.897. The van der Waals surface area contributed by atoms with Gasteiger partial charge in [0.1, 0.15) is 11.6 Å². The molecule has 1 unspecified atom stereocenters. The minimum Gasteiger partial charge on any atom is -0.368 e. The van der Waals surface area contributed by atoms with E-state index in [0.717, 1.165) is 50.1 Å². The van der Waals surface area contributed by atoms with Crippen molar-refractivity contribution in [3.05, 3.63) is 17.6 Å². The Morgan fingerprint density at radius 1 is 1.08 bits per heavy atom. The van der Waals surface area contributed by atoms with E-state index in [2.05, 4.69) is 69.8 Å². The molecular formula is C19H35N5. The summed E-state index contributed by atoms with van der Waals surface area (Å²) in [4.78, 5) is 14.4. The van der Waals surface area contributed by atoms with Gasteiger partial charge >= 0.3 is 0 Å². The van der Waals surface area contributed by atoms with Crippen molar-refractivity contribution in [3.8, 4) is 0 Å². The molecule has 1 aromatic heterocycles. The smallest absolute Gasteiger partial charge is 0.133 e. The van der Waals surface area contributed by atoms with Crippen molar-refractivity contribution in [1.82, 2.24) is 19.8 Å². The molecule has 0 bridgehead atoms. The minimum atomic E-state index is 0.0338. The molecule has 0 aliphatic carbocycles. The molecule has 0 saturated carbocycles. The summed E-state index contributed by atoms with van der Waals surface area (Å²) >= 11 is 0. The van der Waals surface area contributed by atoms with Crippen LogP contribution in [0.1, 0.15) is 59.0 Å². The third-order valence-electron chi connectivity index (χ3n) is 4.77. The van der Waals surface area contributed by atoms with Crippen molar-refractivity contribution in [2.24, 2.45) is 0 Å². The van der Waals surface area contributed by atoms with Crippen molar-refractivity contribution in [2.75, 3.05) is 45.1 Å². The number of aromatic nitrogens is 2. The maximum Gasteiger partial charge on any atom is 0.133 e. The summed E-state index contributed by atoms with van der Waals surface area (Å²) in [5.74, 6) is 2.22. The number of anilines is 1. The molecule has 0 amide bonds. The third-order valence-corrected chi connectivity index (χ3v) is 4.77.